The van der Waals surface area contributed by atoms with Crippen LogP contribution in [-0.2, 0) is 6.18 Å². The van der Waals surface area contributed by atoms with E-state index in [1.807, 2.05) is 0 Å². The number of nitrogens with zero attached hydrogens (tertiary/aromatic N) is 2. The Morgan fingerprint density at radius 3 is 2.54 bits per heavy atom. The second-order valence-electron chi connectivity index (χ2n) is 3.15. The summed E-state index contributed by atoms with van der Waals surface area (Å²) in [5.41, 5.74) is -0.237. The minimum Gasteiger partial charge on any atom is -0.164 e. The summed E-state index contributed by atoms with van der Waals surface area (Å²) in [5.74, 6) is 0.275. The van der Waals surface area contributed by atoms with Crippen molar-refractivity contribution in [3.63, 3.8) is 0 Å². The van der Waals surface area contributed by atoms with Crippen LogP contribution >= 0.6 is 0 Å². The fourth-order valence-electron chi connectivity index (χ4n) is 1.16. The quantitative estimate of drug-likeness (QED) is 0.676. The molecule has 5 heteroatoms. The lowest BCUT2D eigenvalue weighted by atomic mass is 10.2. The van der Waals surface area contributed by atoms with Gasteiger partial charge in [0, 0.05) is 0 Å². The summed E-state index contributed by atoms with van der Waals surface area (Å²) < 4.78 is 36.4. The fourth-order valence-corrected chi connectivity index (χ4v) is 1.16. The molecular weight excluding hydrogens is 181 g/mol. The van der Waals surface area contributed by atoms with Crippen LogP contribution in [0, 0.1) is 0 Å². The smallest absolute Gasteiger partial charge is 0.164 e. The van der Waals surface area contributed by atoms with Crippen molar-refractivity contribution in [2.24, 2.45) is 0 Å². The summed E-state index contributed by atoms with van der Waals surface area (Å²) in [7, 11) is 0. The van der Waals surface area contributed by atoms with E-state index in [9.17, 15) is 13.2 Å². The van der Waals surface area contributed by atoms with E-state index in [2.05, 4.69) is 10.2 Å². The Labute approximate surface area is 72.8 Å². The maximum absolute atomic E-state index is 12.1. The number of aromatic nitrogens is 2. The van der Waals surface area contributed by atoms with Crippen LogP contribution in [0.1, 0.15) is 30.0 Å². The third-order valence-corrected chi connectivity index (χ3v) is 2.01. The number of hydrogen-bond acceptors (Lipinski definition) is 2. The normalized spacial score (nSPS) is 17.5. The average Bonchev–Trinajstić information content (AvgIpc) is 2.85. The van der Waals surface area contributed by atoms with E-state index in [1.165, 1.54) is 6.20 Å². The Morgan fingerprint density at radius 1 is 1.31 bits per heavy atom. The average molecular weight is 188 g/mol. The Hall–Kier alpha value is -1.13. The van der Waals surface area contributed by atoms with Gasteiger partial charge in [-0.05, 0) is 30.4 Å². The largest absolute Gasteiger partial charge is 0.435 e. The van der Waals surface area contributed by atoms with Crippen LogP contribution in [0.5, 0.6) is 0 Å². The zero-order chi connectivity index (χ0) is 9.47. The lowest BCUT2D eigenvalue weighted by Gasteiger charge is -2.05. The van der Waals surface area contributed by atoms with Crippen molar-refractivity contribution in [2.75, 3.05) is 0 Å². The summed E-state index contributed by atoms with van der Waals surface area (Å²) in [6.45, 7) is 0. The molecule has 2 rings (SSSR count). The lowest BCUT2D eigenvalue weighted by molar-refractivity contribution is -0.141. The van der Waals surface area contributed by atoms with E-state index < -0.39 is 11.9 Å². The van der Waals surface area contributed by atoms with E-state index in [0.717, 1.165) is 18.9 Å². The standard InChI is InChI=1S/C8H7F3N2/c9-8(10,11)7-3-6(4-12-13-7)5-1-2-5/h3-5H,1-2H2. The molecule has 70 valence electrons. The van der Waals surface area contributed by atoms with Crippen LogP contribution in [-0.4, -0.2) is 10.2 Å². The van der Waals surface area contributed by atoms with Crippen molar-refractivity contribution in [2.45, 2.75) is 24.9 Å². The Kier molecular flexibility index (Phi) is 1.75. The molecule has 1 saturated carbocycles. The highest BCUT2D eigenvalue weighted by Crippen LogP contribution is 2.40. The van der Waals surface area contributed by atoms with E-state index in [0.29, 0.717) is 5.56 Å². The molecule has 0 spiro atoms. The van der Waals surface area contributed by atoms with Gasteiger partial charge in [-0.3, -0.25) is 0 Å². The van der Waals surface area contributed by atoms with E-state index in [1.54, 1.807) is 0 Å². The summed E-state index contributed by atoms with van der Waals surface area (Å²) in [6, 6.07) is 1.09. The minimum absolute atomic E-state index is 0.275. The van der Waals surface area contributed by atoms with Gasteiger partial charge in [-0.25, -0.2) is 0 Å². The van der Waals surface area contributed by atoms with Crippen LogP contribution in [0.3, 0.4) is 0 Å². The van der Waals surface area contributed by atoms with Gasteiger partial charge in [0.25, 0.3) is 0 Å². The van der Waals surface area contributed by atoms with E-state index in [-0.39, 0.29) is 5.92 Å². The van der Waals surface area contributed by atoms with Crippen LogP contribution in [0.2, 0.25) is 0 Å². The summed E-state index contributed by atoms with van der Waals surface area (Å²) in [5, 5.41) is 6.39. The van der Waals surface area contributed by atoms with Crippen LogP contribution in [0.25, 0.3) is 0 Å². The first-order valence-corrected chi connectivity index (χ1v) is 3.97. The predicted molar refractivity (Wildman–Crippen MR) is 39.0 cm³/mol. The van der Waals surface area contributed by atoms with Gasteiger partial charge in [0.2, 0.25) is 0 Å². The molecule has 1 heterocycles. The molecule has 1 fully saturated rings. The number of alkyl halides is 3. The summed E-state index contributed by atoms with van der Waals surface area (Å²) >= 11 is 0. The monoisotopic (exact) mass is 188 g/mol. The highest BCUT2D eigenvalue weighted by Gasteiger charge is 2.34. The van der Waals surface area contributed by atoms with E-state index in [4.69, 9.17) is 0 Å². The molecule has 1 aliphatic rings. The number of halogens is 3. The third kappa shape index (κ3) is 1.79. The highest BCUT2D eigenvalue weighted by molar-refractivity contribution is 5.22. The lowest BCUT2D eigenvalue weighted by Crippen LogP contribution is -2.09. The molecule has 0 unspecified atom stereocenters. The van der Waals surface area contributed by atoms with Crippen molar-refractivity contribution >= 4 is 0 Å². The molecule has 0 radical (unpaired) electrons. The van der Waals surface area contributed by atoms with Crippen LogP contribution in [0.15, 0.2) is 12.3 Å². The van der Waals surface area contributed by atoms with Gasteiger partial charge in [-0.15, -0.1) is 5.10 Å². The Bertz CT molecular complexity index is 317. The molecule has 0 N–H and O–H groups in total. The second-order valence-corrected chi connectivity index (χ2v) is 3.15. The van der Waals surface area contributed by atoms with Gasteiger partial charge in [-0.2, -0.15) is 18.3 Å². The highest BCUT2D eigenvalue weighted by atomic mass is 19.4. The van der Waals surface area contributed by atoms with Gasteiger partial charge in [0.15, 0.2) is 5.69 Å². The van der Waals surface area contributed by atoms with Gasteiger partial charge in [-0.1, -0.05) is 0 Å². The third-order valence-electron chi connectivity index (χ3n) is 2.01. The molecule has 1 aromatic rings. The van der Waals surface area contributed by atoms with Gasteiger partial charge < -0.3 is 0 Å². The topological polar surface area (TPSA) is 25.8 Å². The molecule has 0 atom stereocenters. The number of rotatable bonds is 1. The van der Waals surface area contributed by atoms with Crippen molar-refractivity contribution in [1.29, 1.82) is 0 Å². The zero-order valence-electron chi connectivity index (χ0n) is 6.67. The zero-order valence-corrected chi connectivity index (χ0v) is 6.67. The fraction of sp³-hybridized carbons (Fsp3) is 0.500. The Balaban J connectivity index is 2.32. The molecule has 1 aliphatic carbocycles. The molecule has 1 aromatic heterocycles. The minimum atomic E-state index is -4.38. The molecule has 0 bridgehead atoms. The van der Waals surface area contributed by atoms with Crippen LogP contribution in [0.4, 0.5) is 13.2 Å². The SMILES string of the molecule is FC(F)(F)c1cc(C2CC2)cnn1. The Morgan fingerprint density at radius 2 is 2.00 bits per heavy atom. The molecule has 0 amide bonds. The summed E-state index contributed by atoms with van der Waals surface area (Å²) in [4.78, 5) is 0. The molecule has 0 saturated heterocycles. The predicted octanol–water partition coefficient (Wildman–Crippen LogP) is 2.37. The molecular formula is C8H7F3N2. The van der Waals surface area contributed by atoms with Crippen molar-refractivity contribution in [1.82, 2.24) is 10.2 Å². The molecule has 0 aromatic carbocycles. The number of hydrogen-bond donors (Lipinski definition) is 0. The maximum atomic E-state index is 12.1. The molecule has 0 aliphatic heterocycles. The first-order valence-electron chi connectivity index (χ1n) is 3.97. The molecule has 2 nitrogen and oxygen atoms in total. The maximum Gasteiger partial charge on any atom is 0.435 e. The summed E-state index contributed by atoms with van der Waals surface area (Å²) in [6.07, 6.45) is -1.04. The van der Waals surface area contributed by atoms with Crippen molar-refractivity contribution < 1.29 is 13.2 Å². The van der Waals surface area contributed by atoms with Gasteiger partial charge in [0.05, 0.1) is 6.20 Å². The first kappa shape index (κ1) is 8.47. The first-order chi connectivity index (χ1) is 6.07. The van der Waals surface area contributed by atoms with Crippen molar-refractivity contribution in [3.8, 4) is 0 Å². The van der Waals surface area contributed by atoms with Gasteiger partial charge >= 0.3 is 6.18 Å². The second kappa shape index (κ2) is 2.68. The van der Waals surface area contributed by atoms with Crippen LogP contribution < -0.4 is 0 Å². The van der Waals surface area contributed by atoms with Gasteiger partial charge in [0.1, 0.15) is 0 Å². The van der Waals surface area contributed by atoms with E-state index >= 15 is 0 Å². The van der Waals surface area contributed by atoms with Crippen molar-refractivity contribution in [3.05, 3.63) is 23.5 Å². The molecule has 13 heavy (non-hydrogen) atoms.